The first-order valence-corrected chi connectivity index (χ1v) is 10.6. The third-order valence-corrected chi connectivity index (χ3v) is 5.18. The molecule has 6 nitrogen and oxygen atoms in total. The molecule has 29 heavy (non-hydrogen) atoms. The van der Waals surface area contributed by atoms with Gasteiger partial charge in [-0.05, 0) is 37.8 Å². The van der Waals surface area contributed by atoms with Gasteiger partial charge in [-0.3, -0.25) is 0 Å². The molecule has 1 saturated carbocycles. The number of anilines is 1. The highest BCUT2D eigenvalue weighted by molar-refractivity contribution is 5.65. The highest BCUT2D eigenvalue weighted by Gasteiger charge is 2.28. The van der Waals surface area contributed by atoms with Crippen LogP contribution in [-0.2, 0) is 11.8 Å². The van der Waals surface area contributed by atoms with Crippen molar-refractivity contribution >= 4 is 5.69 Å². The van der Waals surface area contributed by atoms with Gasteiger partial charge < -0.3 is 14.4 Å². The second-order valence-electron chi connectivity index (χ2n) is 8.97. The molecule has 0 unspecified atom stereocenters. The van der Waals surface area contributed by atoms with Gasteiger partial charge in [0.15, 0.2) is 5.82 Å². The fourth-order valence-corrected chi connectivity index (χ4v) is 3.25. The number of hydrogen-bond acceptors (Lipinski definition) is 6. The zero-order valence-corrected chi connectivity index (χ0v) is 17.6. The Balaban J connectivity index is 1.19. The van der Waals surface area contributed by atoms with E-state index in [1.165, 1.54) is 12.8 Å². The highest BCUT2D eigenvalue weighted by atomic mass is 16.5. The minimum atomic E-state index is -0.0881. The predicted molar refractivity (Wildman–Crippen MR) is 113 cm³/mol. The van der Waals surface area contributed by atoms with Crippen LogP contribution in [0.1, 0.15) is 76.3 Å². The molecular formula is C23H30N4O2. The molecule has 4 rings (SSSR count). The van der Waals surface area contributed by atoms with E-state index in [0.29, 0.717) is 11.8 Å². The zero-order chi connectivity index (χ0) is 20.3. The molecule has 0 spiro atoms. The van der Waals surface area contributed by atoms with Crippen molar-refractivity contribution < 1.29 is 9.05 Å². The van der Waals surface area contributed by atoms with Crippen LogP contribution in [0, 0.1) is 0 Å². The molecule has 3 aromatic rings. The summed E-state index contributed by atoms with van der Waals surface area (Å²) in [7, 11) is 0. The lowest BCUT2D eigenvalue weighted by molar-refractivity contribution is 0.318. The third-order valence-electron chi connectivity index (χ3n) is 5.18. The summed E-state index contributed by atoms with van der Waals surface area (Å²) < 4.78 is 10.8. The number of nitrogens with zero attached hydrogens (tertiary/aromatic N) is 3. The van der Waals surface area contributed by atoms with Crippen LogP contribution in [0.2, 0.25) is 0 Å². The van der Waals surface area contributed by atoms with Gasteiger partial charge in [-0.15, -0.1) is 0 Å². The second-order valence-corrected chi connectivity index (χ2v) is 8.97. The van der Waals surface area contributed by atoms with Gasteiger partial charge in [-0.2, -0.15) is 4.98 Å². The summed E-state index contributed by atoms with van der Waals surface area (Å²) in [5, 5.41) is 11.8. The van der Waals surface area contributed by atoms with Gasteiger partial charge in [0.05, 0.1) is 0 Å². The molecule has 154 valence electrons. The van der Waals surface area contributed by atoms with E-state index >= 15 is 0 Å². The van der Waals surface area contributed by atoms with Crippen LogP contribution in [-0.4, -0.2) is 21.8 Å². The van der Waals surface area contributed by atoms with Crippen molar-refractivity contribution in [2.75, 3.05) is 11.9 Å². The summed E-state index contributed by atoms with van der Waals surface area (Å²) in [4.78, 5) is 4.49. The van der Waals surface area contributed by atoms with Crippen LogP contribution < -0.4 is 5.32 Å². The van der Waals surface area contributed by atoms with E-state index < -0.39 is 0 Å². The van der Waals surface area contributed by atoms with Crippen molar-refractivity contribution in [2.24, 2.45) is 0 Å². The summed E-state index contributed by atoms with van der Waals surface area (Å²) in [5.74, 6) is 3.14. The average molecular weight is 395 g/mol. The molecule has 2 heterocycles. The Kier molecular flexibility index (Phi) is 5.69. The van der Waals surface area contributed by atoms with E-state index in [2.05, 4.69) is 71.7 Å². The first-order chi connectivity index (χ1) is 14.0. The quantitative estimate of drug-likeness (QED) is 0.467. The normalized spacial score (nSPS) is 14.3. The summed E-state index contributed by atoms with van der Waals surface area (Å²) in [6.45, 7) is 7.19. The summed E-state index contributed by atoms with van der Waals surface area (Å²) in [5.41, 5.74) is 3.05. The predicted octanol–water partition coefficient (Wildman–Crippen LogP) is 5.72. The van der Waals surface area contributed by atoms with E-state index in [4.69, 9.17) is 9.05 Å². The first kappa shape index (κ1) is 19.7. The van der Waals surface area contributed by atoms with Gasteiger partial charge in [0.2, 0.25) is 5.89 Å². The highest BCUT2D eigenvalue weighted by Crippen LogP contribution is 2.41. The van der Waals surface area contributed by atoms with Crippen molar-refractivity contribution in [2.45, 2.75) is 70.6 Å². The van der Waals surface area contributed by atoms with Gasteiger partial charge in [-0.1, -0.05) is 49.6 Å². The van der Waals surface area contributed by atoms with Crippen molar-refractivity contribution in [3.05, 3.63) is 47.8 Å². The number of benzene rings is 1. The molecule has 6 heteroatoms. The van der Waals surface area contributed by atoms with Crippen molar-refractivity contribution in [1.29, 1.82) is 0 Å². The van der Waals surface area contributed by atoms with Gasteiger partial charge in [0.25, 0.3) is 0 Å². The number of rotatable bonds is 9. The monoisotopic (exact) mass is 394 g/mol. The average Bonchev–Trinajstić information content (AvgIpc) is 3.22. The Morgan fingerprint density at radius 3 is 2.66 bits per heavy atom. The van der Waals surface area contributed by atoms with Crippen LogP contribution >= 0.6 is 0 Å². The maximum atomic E-state index is 5.48. The van der Waals surface area contributed by atoms with Crippen LogP contribution in [0.5, 0.6) is 0 Å². The van der Waals surface area contributed by atoms with Crippen LogP contribution in [0.4, 0.5) is 5.69 Å². The molecule has 0 saturated heterocycles. The lowest BCUT2D eigenvalue weighted by Crippen LogP contribution is -2.11. The summed E-state index contributed by atoms with van der Waals surface area (Å²) in [6.07, 6.45) is 6.60. The molecule has 1 aliphatic rings. The Hall–Kier alpha value is -2.63. The number of aromatic nitrogens is 3. The van der Waals surface area contributed by atoms with Crippen LogP contribution in [0.3, 0.4) is 0 Å². The molecule has 2 aromatic heterocycles. The Labute approximate surface area is 172 Å². The van der Waals surface area contributed by atoms with Crippen molar-refractivity contribution in [3.63, 3.8) is 0 Å². The van der Waals surface area contributed by atoms with Crippen molar-refractivity contribution in [3.8, 4) is 11.3 Å². The maximum Gasteiger partial charge on any atom is 0.232 e. The van der Waals surface area contributed by atoms with Gasteiger partial charge >= 0.3 is 0 Å². The number of nitrogens with one attached hydrogen (secondary N) is 1. The lowest BCUT2D eigenvalue weighted by Gasteiger charge is -2.10. The molecule has 1 N–H and O–H groups in total. The zero-order valence-electron chi connectivity index (χ0n) is 17.6. The Bertz CT molecular complexity index is 934. The summed E-state index contributed by atoms with van der Waals surface area (Å²) in [6, 6.07) is 10.5. The molecule has 0 aliphatic heterocycles. The van der Waals surface area contributed by atoms with E-state index in [-0.39, 0.29) is 5.41 Å². The van der Waals surface area contributed by atoms with E-state index in [0.717, 1.165) is 60.8 Å². The molecule has 0 amide bonds. The molecule has 1 aromatic carbocycles. The molecule has 0 atom stereocenters. The fourth-order valence-electron chi connectivity index (χ4n) is 3.25. The molecule has 0 radical (unpaired) electrons. The molecule has 1 aliphatic carbocycles. The van der Waals surface area contributed by atoms with Crippen molar-refractivity contribution in [1.82, 2.24) is 15.3 Å². The number of hydrogen-bond donors (Lipinski definition) is 1. The van der Waals surface area contributed by atoms with E-state index in [9.17, 15) is 0 Å². The third kappa shape index (κ3) is 5.25. The van der Waals surface area contributed by atoms with E-state index in [1.54, 1.807) is 0 Å². The number of aryl methyl sites for hydroxylation is 1. The fraction of sp³-hybridized carbons (Fsp3) is 0.522. The topological polar surface area (TPSA) is 77.0 Å². The van der Waals surface area contributed by atoms with Gasteiger partial charge in [-0.25, -0.2) is 0 Å². The molecular weight excluding hydrogens is 364 g/mol. The molecule has 1 fully saturated rings. The maximum absolute atomic E-state index is 5.48. The smallest absolute Gasteiger partial charge is 0.232 e. The van der Waals surface area contributed by atoms with Crippen LogP contribution in [0.15, 0.2) is 39.4 Å². The SMILES string of the molecule is CC(C)(C)c1nc(CCCCCNc2cccc(-c3cc(C4CC4)on3)c2)no1. The standard InChI is InChI=1S/C23H30N4O2/c1-23(2,3)22-25-21(27-29-22)10-5-4-6-13-24-18-9-7-8-17(14-18)19-15-20(28-26-19)16-11-12-16/h7-9,14-16,24H,4-6,10-13H2,1-3H3. The molecule has 0 bridgehead atoms. The Morgan fingerprint density at radius 1 is 1.03 bits per heavy atom. The number of unbranched alkanes of at least 4 members (excludes halogenated alkanes) is 2. The minimum Gasteiger partial charge on any atom is -0.385 e. The lowest BCUT2D eigenvalue weighted by atomic mass is 9.97. The van der Waals surface area contributed by atoms with E-state index in [1.807, 2.05) is 0 Å². The minimum absolute atomic E-state index is 0.0881. The Morgan fingerprint density at radius 2 is 1.90 bits per heavy atom. The van der Waals surface area contributed by atoms with Gasteiger partial charge in [0, 0.05) is 41.6 Å². The van der Waals surface area contributed by atoms with Gasteiger partial charge in [0.1, 0.15) is 11.5 Å². The summed E-state index contributed by atoms with van der Waals surface area (Å²) >= 11 is 0. The van der Waals surface area contributed by atoms with Crippen LogP contribution in [0.25, 0.3) is 11.3 Å². The largest absolute Gasteiger partial charge is 0.385 e. The first-order valence-electron chi connectivity index (χ1n) is 10.6. The second kappa shape index (κ2) is 8.39.